The van der Waals surface area contributed by atoms with Crippen LogP contribution < -0.4 is 0 Å². The Bertz CT molecular complexity index is 459. The molecule has 0 aliphatic carbocycles. The third-order valence-corrected chi connectivity index (χ3v) is 3.16. The van der Waals surface area contributed by atoms with E-state index in [1.54, 1.807) is 23.5 Å². The van der Waals surface area contributed by atoms with E-state index in [0.29, 0.717) is 25.7 Å². The maximum absolute atomic E-state index is 11.9. The van der Waals surface area contributed by atoms with Crippen molar-refractivity contribution < 1.29 is 14.3 Å². The van der Waals surface area contributed by atoms with Gasteiger partial charge in [0, 0.05) is 31.4 Å². The van der Waals surface area contributed by atoms with Gasteiger partial charge in [0.25, 0.3) is 0 Å². The summed E-state index contributed by atoms with van der Waals surface area (Å²) in [6.07, 6.45) is 5.69. The van der Waals surface area contributed by atoms with E-state index in [9.17, 15) is 4.79 Å². The molecule has 0 bridgehead atoms. The van der Waals surface area contributed by atoms with Gasteiger partial charge in [-0.15, -0.1) is 0 Å². The van der Waals surface area contributed by atoms with E-state index in [2.05, 4.69) is 9.97 Å². The molecule has 2 rings (SSSR count). The molecule has 6 heteroatoms. The molecule has 0 radical (unpaired) electrons. The van der Waals surface area contributed by atoms with Crippen molar-refractivity contribution in [2.75, 3.05) is 19.7 Å². The lowest BCUT2D eigenvalue weighted by Crippen LogP contribution is -2.35. The highest BCUT2D eigenvalue weighted by Gasteiger charge is 2.29. The molecule has 1 aliphatic rings. The lowest BCUT2D eigenvalue weighted by Gasteiger charge is -2.24. The fourth-order valence-corrected chi connectivity index (χ4v) is 2.20. The van der Waals surface area contributed by atoms with Gasteiger partial charge in [-0.05, 0) is 27.2 Å². The van der Waals surface area contributed by atoms with Crippen LogP contribution in [0.3, 0.4) is 0 Å². The van der Waals surface area contributed by atoms with Crippen molar-refractivity contribution >= 4 is 6.09 Å². The van der Waals surface area contributed by atoms with Crippen molar-refractivity contribution in [3.8, 4) is 0 Å². The standard InChI is InChI=1S/C15H23N3O3/c1-15(2,3)21-14(19)18-7-4-12(9-18)10-20-11-13-8-16-5-6-17-13/h5-6,8,12H,4,7,9-11H2,1-3H3/t12-/m0/s1. The van der Waals surface area contributed by atoms with Gasteiger partial charge in [0.05, 0.1) is 25.1 Å². The zero-order valence-electron chi connectivity index (χ0n) is 12.9. The Morgan fingerprint density at radius 2 is 2.24 bits per heavy atom. The number of likely N-dealkylation sites (tertiary alicyclic amines) is 1. The van der Waals surface area contributed by atoms with Crippen LogP contribution in [-0.4, -0.2) is 46.3 Å². The van der Waals surface area contributed by atoms with Crippen molar-refractivity contribution in [2.24, 2.45) is 5.92 Å². The lowest BCUT2D eigenvalue weighted by molar-refractivity contribution is 0.0270. The number of nitrogens with zero attached hydrogens (tertiary/aromatic N) is 3. The number of carbonyl (C=O) groups is 1. The number of amides is 1. The number of ether oxygens (including phenoxy) is 2. The first-order valence-electron chi connectivity index (χ1n) is 7.24. The van der Waals surface area contributed by atoms with Gasteiger partial charge in [0.15, 0.2) is 0 Å². The largest absolute Gasteiger partial charge is 0.444 e. The monoisotopic (exact) mass is 293 g/mol. The van der Waals surface area contributed by atoms with Gasteiger partial charge in [0.1, 0.15) is 5.60 Å². The Balaban J connectivity index is 1.69. The molecule has 1 saturated heterocycles. The molecule has 1 amide bonds. The van der Waals surface area contributed by atoms with Crippen LogP contribution >= 0.6 is 0 Å². The van der Waals surface area contributed by atoms with Crippen LogP contribution in [0.15, 0.2) is 18.6 Å². The van der Waals surface area contributed by atoms with Gasteiger partial charge in [0.2, 0.25) is 0 Å². The highest BCUT2D eigenvalue weighted by Crippen LogP contribution is 2.20. The molecule has 1 fully saturated rings. The zero-order chi connectivity index (χ0) is 15.3. The number of hydrogen-bond acceptors (Lipinski definition) is 5. The van der Waals surface area contributed by atoms with Crippen molar-refractivity contribution in [2.45, 2.75) is 39.4 Å². The normalized spacial score (nSPS) is 18.8. The van der Waals surface area contributed by atoms with Crippen LogP contribution in [0.4, 0.5) is 4.79 Å². The van der Waals surface area contributed by atoms with E-state index in [4.69, 9.17) is 9.47 Å². The molecule has 0 N–H and O–H groups in total. The Labute approximate surface area is 125 Å². The molecule has 116 valence electrons. The Hall–Kier alpha value is -1.69. The minimum absolute atomic E-state index is 0.237. The Morgan fingerprint density at radius 3 is 2.90 bits per heavy atom. The summed E-state index contributed by atoms with van der Waals surface area (Å²) in [4.78, 5) is 21.8. The average molecular weight is 293 g/mol. The number of rotatable bonds is 4. The topological polar surface area (TPSA) is 64.5 Å². The number of carbonyl (C=O) groups excluding carboxylic acids is 1. The second-order valence-electron chi connectivity index (χ2n) is 6.29. The first-order chi connectivity index (χ1) is 9.94. The minimum Gasteiger partial charge on any atom is -0.444 e. The second-order valence-corrected chi connectivity index (χ2v) is 6.29. The van der Waals surface area contributed by atoms with Gasteiger partial charge in [-0.2, -0.15) is 0 Å². The lowest BCUT2D eigenvalue weighted by atomic mass is 10.1. The number of aromatic nitrogens is 2. The van der Waals surface area contributed by atoms with Crippen molar-refractivity contribution in [3.05, 3.63) is 24.3 Å². The fraction of sp³-hybridized carbons (Fsp3) is 0.667. The predicted molar refractivity (Wildman–Crippen MR) is 77.6 cm³/mol. The maximum Gasteiger partial charge on any atom is 0.410 e. The average Bonchev–Trinajstić information content (AvgIpc) is 2.87. The molecule has 0 saturated carbocycles. The molecule has 1 aliphatic heterocycles. The van der Waals surface area contributed by atoms with Crippen molar-refractivity contribution in [1.29, 1.82) is 0 Å². The van der Waals surface area contributed by atoms with E-state index in [1.807, 2.05) is 20.8 Å². The zero-order valence-corrected chi connectivity index (χ0v) is 12.9. The maximum atomic E-state index is 11.9. The second kappa shape index (κ2) is 6.85. The molecule has 1 atom stereocenters. The third kappa shape index (κ3) is 5.30. The van der Waals surface area contributed by atoms with Gasteiger partial charge >= 0.3 is 6.09 Å². The summed E-state index contributed by atoms with van der Waals surface area (Å²) in [5.74, 6) is 0.356. The summed E-state index contributed by atoms with van der Waals surface area (Å²) in [6.45, 7) is 8.13. The summed E-state index contributed by atoms with van der Waals surface area (Å²) in [7, 11) is 0. The Morgan fingerprint density at radius 1 is 1.43 bits per heavy atom. The number of hydrogen-bond donors (Lipinski definition) is 0. The molecule has 1 aromatic heterocycles. The highest BCUT2D eigenvalue weighted by atomic mass is 16.6. The van der Waals surface area contributed by atoms with Crippen LogP contribution in [0.2, 0.25) is 0 Å². The van der Waals surface area contributed by atoms with Crippen LogP contribution in [-0.2, 0) is 16.1 Å². The predicted octanol–water partition coefficient (Wildman–Crippen LogP) is 2.25. The SMILES string of the molecule is CC(C)(C)OC(=O)N1CC[C@H](COCc2cnccn2)C1. The van der Waals surface area contributed by atoms with Crippen LogP contribution in [0, 0.1) is 5.92 Å². The van der Waals surface area contributed by atoms with Gasteiger partial charge in [-0.1, -0.05) is 0 Å². The molecule has 6 nitrogen and oxygen atoms in total. The van der Waals surface area contributed by atoms with E-state index in [1.165, 1.54) is 0 Å². The van der Waals surface area contributed by atoms with E-state index < -0.39 is 5.60 Å². The van der Waals surface area contributed by atoms with E-state index >= 15 is 0 Å². The molecular formula is C15H23N3O3. The van der Waals surface area contributed by atoms with Crippen LogP contribution in [0.25, 0.3) is 0 Å². The van der Waals surface area contributed by atoms with Crippen molar-refractivity contribution in [1.82, 2.24) is 14.9 Å². The van der Waals surface area contributed by atoms with Gasteiger partial charge < -0.3 is 14.4 Å². The molecule has 0 aromatic carbocycles. The molecule has 0 unspecified atom stereocenters. The molecule has 0 spiro atoms. The summed E-state index contributed by atoms with van der Waals surface area (Å²) in [5, 5.41) is 0. The summed E-state index contributed by atoms with van der Waals surface area (Å²) in [6, 6.07) is 0. The summed E-state index contributed by atoms with van der Waals surface area (Å²) in [5.41, 5.74) is 0.372. The Kier molecular flexibility index (Phi) is 5.12. The first-order valence-corrected chi connectivity index (χ1v) is 7.24. The fourth-order valence-electron chi connectivity index (χ4n) is 2.20. The quantitative estimate of drug-likeness (QED) is 0.852. The minimum atomic E-state index is -0.447. The summed E-state index contributed by atoms with van der Waals surface area (Å²) < 4.78 is 11.0. The first kappa shape index (κ1) is 15.7. The van der Waals surface area contributed by atoms with E-state index in [-0.39, 0.29) is 6.09 Å². The third-order valence-electron chi connectivity index (χ3n) is 3.16. The molecule has 1 aromatic rings. The van der Waals surface area contributed by atoms with Crippen LogP contribution in [0.5, 0.6) is 0 Å². The molecule has 2 heterocycles. The molecular weight excluding hydrogens is 270 g/mol. The van der Waals surface area contributed by atoms with Gasteiger partial charge in [-0.25, -0.2) is 4.79 Å². The van der Waals surface area contributed by atoms with Crippen LogP contribution in [0.1, 0.15) is 32.9 Å². The van der Waals surface area contributed by atoms with Gasteiger partial charge in [-0.3, -0.25) is 9.97 Å². The smallest absolute Gasteiger partial charge is 0.410 e. The summed E-state index contributed by atoms with van der Waals surface area (Å²) >= 11 is 0. The van der Waals surface area contributed by atoms with Crippen molar-refractivity contribution in [3.63, 3.8) is 0 Å². The highest BCUT2D eigenvalue weighted by molar-refractivity contribution is 5.68. The molecule has 21 heavy (non-hydrogen) atoms. The van der Waals surface area contributed by atoms with E-state index in [0.717, 1.165) is 18.7 Å².